The molecule has 0 saturated heterocycles. The van der Waals surface area contributed by atoms with Gasteiger partial charge in [-0.1, -0.05) is 11.8 Å². The largest absolute Gasteiger partial charge is 0.486 e. The molecule has 0 fully saturated rings. The number of aromatic nitrogens is 2. The molecule has 0 amide bonds. The normalized spacial score (nSPS) is 15.4. The third kappa shape index (κ3) is 3.20. The highest BCUT2D eigenvalue weighted by atomic mass is 32.2. The summed E-state index contributed by atoms with van der Waals surface area (Å²) in [7, 11) is 0. The van der Waals surface area contributed by atoms with E-state index in [0.717, 1.165) is 23.1 Å². The van der Waals surface area contributed by atoms with Gasteiger partial charge in [-0.05, 0) is 49.4 Å². The number of thiophene rings is 1. The molecule has 0 atom stereocenters. The second kappa shape index (κ2) is 7.25. The molecule has 1 aliphatic carbocycles. The maximum atomic E-state index is 12.6. The summed E-state index contributed by atoms with van der Waals surface area (Å²) in [6.07, 6.45) is 4.57. The first-order chi connectivity index (χ1) is 13.7. The van der Waals surface area contributed by atoms with Crippen LogP contribution in [-0.4, -0.2) is 34.7 Å². The number of carbonyl (C=O) groups excluding carboxylic acids is 1. The summed E-state index contributed by atoms with van der Waals surface area (Å²) >= 11 is 3.03. The lowest BCUT2D eigenvalue weighted by Crippen LogP contribution is -2.16. The average molecular weight is 414 g/mol. The van der Waals surface area contributed by atoms with Crippen LogP contribution >= 0.6 is 23.1 Å². The summed E-state index contributed by atoms with van der Waals surface area (Å²) in [5, 5.41) is 1.57. The fraction of sp³-hybridized carbons (Fsp3) is 0.350. The number of Topliss-reactive ketones (excluding diaryl/α,β-unsaturated/α-hetero) is 1. The Morgan fingerprint density at radius 1 is 1.14 bits per heavy atom. The standard InChI is InChI=1S/C20H19N3O3S2/c21-18-17-12-3-1-2-4-16(12)28-19(17)23-20(22-18)27-10-13(24)11-5-6-14-15(9-11)26-8-7-25-14/h5-6,9H,1-4,7-8,10H2,(H2,21,22,23). The predicted octanol–water partition coefficient (Wildman–Crippen LogP) is 3.90. The van der Waals surface area contributed by atoms with Crippen molar-refractivity contribution in [2.75, 3.05) is 24.7 Å². The highest BCUT2D eigenvalue weighted by Gasteiger charge is 2.21. The number of anilines is 1. The van der Waals surface area contributed by atoms with E-state index in [0.29, 0.717) is 41.3 Å². The molecule has 8 heteroatoms. The monoisotopic (exact) mass is 413 g/mol. The van der Waals surface area contributed by atoms with Crippen LogP contribution in [0.1, 0.15) is 33.6 Å². The van der Waals surface area contributed by atoms with Crippen LogP contribution in [0, 0.1) is 0 Å². The first-order valence-corrected chi connectivity index (χ1v) is 11.1. The molecule has 0 saturated carbocycles. The number of nitrogens with two attached hydrogens (primary N) is 1. The van der Waals surface area contributed by atoms with Crippen molar-refractivity contribution < 1.29 is 14.3 Å². The molecular formula is C20H19N3O3S2. The molecular weight excluding hydrogens is 394 g/mol. The van der Waals surface area contributed by atoms with E-state index in [9.17, 15) is 4.79 Å². The van der Waals surface area contributed by atoms with E-state index >= 15 is 0 Å². The fourth-order valence-corrected chi connectivity index (χ4v) is 5.73. The number of ether oxygens (including phenoxy) is 2. The van der Waals surface area contributed by atoms with Crippen LogP contribution in [0.4, 0.5) is 5.82 Å². The van der Waals surface area contributed by atoms with Gasteiger partial charge in [-0.3, -0.25) is 4.79 Å². The van der Waals surface area contributed by atoms with E-state index in [1.807, 2.05) is 0 Å². The summed E-state index contributed by atoms with van der Waals surface area (Å²) in [5.41, 5.74) is 8.17. The van der Waals surface area contributed by atoms with Gasteiger partial charge in [0.2, 0.25) is 0 Å². The molecule has 3 aromatic rings. The van der Waals surface area contributed by atoms with Crippen molar-refractivity contribution in [1.29, 1.82) is 0 Å². The van der Waals surface area contributed by atoms with E-state index < -0.39 is 0 Å². The Balaban J connectivity index is 1.35. The fourth-order valence-electron chi connectivity index (χ4n) is 3.66. The maximum Gasteiger partial charge on any atom is 0.191 e. The summed E-state index contributed by atoms with van der Waals surface area (Å²) in [4.78, 5) is 24.1. The molecule has 0 unspecified atom stereocenters. The van der Waals surface area contributed by atoms with Crippen molar-refractivity contribution in [1.82, 2.24) is 9.97 Å². The number of ketones is 1. The first kappa shape index (κ1) is 17.8. The number of rotatable bonds is 4. The predicted molar refractivity (Wildman–Crippen MR) is 111 cm³/mol. The number of hydrogen-bond acceptors (Lipinski definition) is 8. The second-order valence-corrected chi connectivity index (χ2v) is 8.88. The molecule has 5 rings (SSSR count). The maximum absolute atomic E-state index is 12.6. The number of benzene rings is 1. The first-order valence-electron chi connectivity index (χ1n) is 9.32. The van der Waals surface area contributed by atoms with Gasteiger partial charge < -0.3 is 15.2 Å². The lowest BCUT2D eigenvalue weighted by atomic mass is 9.97. The van der Waals surface area contributed by atoms with Gasteiger partial charge in [-0.25, -0.2) is 9.97 Å². The smallest absolute Gasteiger partial charge is 0.191 e. The Bertz CT molecular complexity index is 1080. The lowest BCUT2D eigenvalue weighted by Gasteiger charge is -2.18. The Labute approximate surface area is 170 Å². The molecule has 28 heavy (non-hydrogen) atoms. The molecule has 1 aromatic carbocycles. The molecule has 2 aliphatic rings. The van der Waals surface area contributed by atoms with Gasteiger partial charge in [0.25, 0.3) is 0 Å². The minimum absolute atomic E-state index is 0.00489. The molecule has 0 spiro atoms. The number of thioether (sulfide) groups is 1. The third-order valence-corrected chi connectivity index (χ3v) is 7.05. The van der Waals surface area contributed by atoms with Crippen molar-refractivity contribution in [3.63, 3.8) is 0 Å². The van der Waals surface area contributed by atoms with Crippen molar-refractivity contribution in [2.24, 2.45) is 0 Å². The summed E-state index contributed by atoms with van der Waals surface area (Å²) in [6.45, 7) is 1.03. The van der Waals surface area contributed by atoms with Crippen molar-refractivity contribution >= 4 is 44.9 Å². The molecule has 2 aromatic heterocycles. The Kier molecular flexibility index (Phi) is 4.60. The lowest BCUT2D eigenvalue weighted by molar-refractivity contribution is 0.102. The molecule has 144 valence electrons. The number of fused-ring (bicyclic) bond motifs is 4. The van der Waals surface area contributed by atoms with E-state index in [2.05, 4.69) is 9.97 Å². The molecule has 0 radical (unpaired) electrons. The van der Waals surface area contributed by atoms with Crippen LogP contribution in [0.3, 0.4) is 0 Å². The molecule has 6 nitrogen and oxygen atoms in total. The molecule has 1 aliphatic heterocycles. The number of nitrogen functional groups attached to an aromatic ring is 1. The Morgan fingerprint density at radius 3 is 2.86 bits per heavy atom. The van der Waals surface area contributed by atoms with Crippen molar-refractivity contribution in [3.05, 3.63) is 34.2 Å². The van der Waals surface area contributed by atoms with E-state index in [-0.39, 0.29) is 11.5 Å². The Hall–Kier alpha value is -2.32. The van der Waals surface area contributed by atoms with Crippen LogP contribution < -0.4 is 15.2 Å². The van der Waals surface area contributed by atoms with Crippen molar-refractivity contribution in [2.45, 2.75) is 30.8 Å². The number of hydrogen-bond donors (Lipinski definition) is 1. The number of nitrogens with zero attached hydrogens (tertiary/aromatic N) is 2. The van der Waals surface area contributed by atoms with E-state index in [1.54, 1.807) is 29.5 Å². The highest BCUT2D eigenvalue weighted by Crippen LogP contribution is 2.38. The number of aryl methyl sites for hydroxylation is 2. The Morgan fingerprint density at radius 2 is 1.96 bits per heavy atom. The van der Waals surface area contributed by atoms with Crippen LogP contribution in [0.15, 0.2) is 23.4 Å². The zero-order chi connectivity index (χ0) is 19.1. The van der Waals surface area contributed by atoms with Gasteiger partial charge in [-0.15, -0.1) is 11.3 Å². The topological polar surface area (TPSA) is 87.3 Å². The summed E-state index contributed by atoms with van der Waals surface area (Å²) in [5.74, 6) is 2.07. The van der Waals surface area contributed by atoms with E-state index in [4.69, 9.17) is 15.2 Å². The van der Waals surface area contributed by atoms with Gasteiger partial charge in [0.05, 0.1) is 11.1 Å². The molecule has 0 bridgehead atoms. The third-order valence-electron chi connectivity index (χ3n) is 5.02. The van der Waals surface area contributed by atoms with Gasteiger partial charge in [0.1, 0.15) is 23.9 Å². The van der Waals surface area contributed by atoms with E-state index in [1.165, 1.54) is 35.0 Å². The average Bonchev–Trinajstić information content (AvgIpc) is 3.10. The SMILES string of the molecule is Nc1nc(SCC(=O)c2ccc3c(c2)OCCO3)nc2sc3c(c12)CCCC3. The zero-order valence-electron chi connectivity index (χ0n) is 15.2. The van der Waals surface area contributed by atoms with Gasteiger partial charge in [0.15, 0.2) is 22.4 Å². The highest BCUT2D eigenvalue weighted by molar-refractivity contribution is 7.99. The minimum atomic E-state index is -0.00489. The minimum Gasteiger partial charge on any atom is -0.486 e. The summed E-state index contributed by atoms with van der Waals surface area (Å²) < 4.78 is 11.1. The second-order valence-electron chi connectivity index (χ2n) is 6.85. The molecule has 2 N–H and O–H groups in total. The van der Waals surface area contributed by atoms with Crippen LogP contribution in [0.2, 0.25) is 0 Å². The van der Waals surface area contributed by atoms with Crippen LogP contribution in [0.5, 0.6) is 11.5 Å². The zero-order valence-corrected chi connectivity index (χ0v) is 16.8. The van der Waals surface area contributed by atoms with Crippen molar-refractivity contribution in [3.8, 4) is 11.5 Å². The van der Waals surface area contributed by atoms with Crippen LogP contribution in [-0.2, 0) is 12.8 Å². The van der Waals surface area contributed by atoms with Gasteiger partial charge in [0, 0.05) is 10.4 Å². The van der Waals surface area contributed by atoms with Gasteiger partial charge >= 0.3 is 0 Å². The summed E-state index contributed by atoms with van der Waals surface area (Å²) in [6, 6.07) is 5.29. The van der Waals surface area contributed by atoms with Gasteiger partial charge in [-0.2, -0.15) is 0 Å². The molecule has 3 heterocycles. The van der Waals surface area contributed by atoms with Crippen LogP contribution in [0.25, 0.3) is 10.2 Å². The number of carbonyl (C=O) groups is 1. The quantitative estimate of drug-likeness (QED) is 0.394.